The second-order valence-electron chi connectivity index (χ2n) is 14.8. The van der Waals surface area contributed by atoms with Gasteiger partial charge in [-0.05, 0) is 109 Å². The van der Waals surface area contributed by atoms with E-state index in [1.807, 2.05) is 75.5 Å². The first-order valence-electron chi connectivity index (χ1n) is 17.7. The lowest BCUT2D eigenvalue weighted by atomic mass is 10.1. The monoisotopic (exact) mass is 812 g/mol. The fraction of sp³-hybridized carbons (Fsp3) is 0.238. The Balaban J connectivity index is 1.24. The minimum atomic E-state index is -4.61. The summed E-state index contributed by atoms with van der Waals surface area (Å²) in [6.45, 7) is 12.4. The molecule has 0 atom stereocenters. The van der Waals surface area contributed by atoms with Crippen LogP contribution in [-0.2, 0) is 15.7 Å². The quantitative estimate of drug-likeness (QED) is 0.142. The fourth-order valence-corrected chi connectivity index (χ4v) is 7.05. The Morgan fingerprint density at radius 3 is 1.49 bits per heavy atom. The van der Waals surface area contributed by atoms with Gasteiger partial charge in [-0.1, -0.05) is 42.5 Å². The largest absolute Gasteiger partial charge is 0.443 e. The molecule has 0 radical (unpaired) electrons. The summed E-state index contributed by atoms with van der Waals surface area (Å²) < 4.78 is 52.1. The summed E-state index contributed by atoms with van der Waals surface area (Å²) in [6.07, 6.45) is -6.02. The van der Waals surface area contributed by atoms with Crippen LogP contribution in [0.25, 0.3) is 22.5 Å². The number of nitrogens with zero attached hydrogens (tertiary/aromatic N) is 6. The third-order valence-corrected chi connectivity index (χ3v) is 9.43. The third kappa shape index (κ3) is 10.5. The Morgan fingerprint density at radius 2 is 1.05 bits per heavy atom. The first-order chi connectivity index (χ1) is 26.8. The summed E-state index contributed by atoms with van der Waals surface area (Å²) in [6, 6.07) is 26.5. The van der Waals surface area contributed by atoms with Crippen LogP contribution in [0.4, 0.5) is 55.8 Å². The SMILES string of the molecule is Cc1cccc(N(C(=O)OC(C)(C)C)c2nc(-c3cccc(/N=N/c4cccc(-c5csc(N(C(=O)OC(C)(C)C)c6cccc(C(F)(F)F)c6)n5)c4)c3)cs2)c1. The highest BCUT2D eigenvalue weighted by atomic mass is 32.1. The number of anilines is 4. The maximum atomic E-state index is 13.6. The number of aromatic nitrogens is 2. The minimum Gasteiger partial charge on any atom is -0.443 e. The van der Waals surface area contributed by atoms with E-state index in [-0.39, 0.29) is 10.8 Å². The Kier molecular flexibility index (Phi) is 11.6. The molecule has 0 saturated carbocycles. The summed E-state index contributed by atoms with van der Waals surface area (Å²) in [4.78, 5) is 38.7. The van der Waals surface area contributed by atoms with Gasteiger partial charge in [0.25, 0.3) is 0 Å². The highest BCUT2D eigenvalue weighted by molar-refractivity contribution is 7.14. The molecule has 10 nitrogen and oxygen atoms in total. The van der Waals surface area contributed by atoms with Gasteiger partial charge in [0.1, 0.15) is 11.2 Å². The molecule has 0 bridgehead atoms. The number of hydrogen-bond acceptors (Lipinski definition) is 10. The Bertz CT molecular complexity index is 2430. The number of azo groups is 1. The number of amides is 2. The maximum Gasteiger partial charge on any atom is 0.421 e. The zero-order valence-corrected chi connectivity index (χ0v) is 33.8. The van der Waals surface area contributed by atoms with Gasteiger partial charge in [-0.15, -0.1) is 22.7 Å². The van der Waals surface area contributed by atoms with Crippen molar-refractivity contribution < 1.29 is 32.2 Å². The number of aryl methyl sites for hydroxylation is 1. The summed E-state index contributed by atoms with van der Waals surface area (Å²) in [5.41, 5.74) is 2.64. The van der Waals surface area contributed by atoms with Crippen molar-refractivity contribution in [3.8, 4) is 22.5 Å². The van der Waals surface area contributed by atoms with Crippen LogP contribution < -0.4 is 9.80 Å². The number of rotatable bonds is 8. The van der Waals surface area contributed by atoms with Gasteiger partial charge in [0.15, 0.2) is 10.3 Å². The van der Waals surface area contributed by atoms with E-state index >= 15 is 0 Å². The molecule has 0 aliphatic heterocycles. The molecule has 57 heavy (non-hydrogen) atoms. The van der Waals surface area contributed by atoms with Gasteiger partial charge in [-0.3, -0.25) is 0 Å². The van der Waals surface area contributed by atoms with Crippen LogP contribution in [0.2, 0.25) is 0 Å². The molecule has 2 amide bonds. The lowest BCUT2D eigenvalue weighted by Gasteiger charge is -2.26. The van der Waals surface area contributed by atoms with Gasteiger partial charge in [0, 0.05) is 21.9 Å². The highest BCUT2D eigenvalue weighted by Gasteiger charge is 2.33. The molecule has 2 heterocycles. The van der Waals surface area contributed by atoms with Gasteiger partial charge in [-0.25, -0.2) is 29.4 Å². The van der Waals surface area contributed by atoms with Gasteiger partial charge in [0.05, 0.1) is 39.7 Å². The number of hydrogen-bond donors (Lipinski definition) is 0. The summed E-state index contributed by atoms with van der Waals surface area (Å²) in [7, 11) is 0. The zero-order chi connectivity index (χ0) is 41.1. The molecule has 0 spiro atoms. The van der Waals surface area contributed by atoms with Crippen molar-refractivity contribution in [3.05, 3.63) is 119 Å². The Morgan fingerprint density at radius 1 is 0.614 bits per heavy atom. The predicted molar refractivity (Wildman–Crippen MR) is 219 cm³/mol. The van der Waals surface area contributed by atoms with E-state index in [1.54, 1.807) is 56.5 Å². The van der Waals surface area contributed by atoms with E-state index < -0.39 is 35.1 Å². The molecule has 0 aliphatic rings. The van der Waals surface area contributed by atoms with Crippen molar-refractivity contribution in [1.29, 1.82) is 0 Å². The first-order valence-corrected chi connectivity index (χ1v) is 19.4. The van der Waals surface area contributed by atoms with E-state index in [1.165, 1.54) is 28.4 Å². The van der Waals surface area contributed by atoms with Crippen LogP contribution in [0.3, 0.4) is 0 Å². The van der Waals surface area contributed by atoms with E-state index in [0.29, 0.717) is 39.1 Å². The molecule has 6 rings (SSSR count). The van der Waals surface area contributed by atoms with Gasteiger partial charge < -0.3 is 9.47 Å². The van der Waals surface area contributed by atoms with E-state index in [0.717, 1.165) is 39.5 Å². The lowest BCUT2D eigenvalue weighted by molar-refractivity contribution is -0.137. The second-order valence-corrected chi connectivity index (χ2v) is 16.5. The van der Waals surface area contributed by atoms with E-state index in [9.17, 15) is 22.8 Å². The van der Waals surface area contributed by atoms with Crippen LogP contribution >= 0.6 is 22.7 Å². The molecule has 0 aliphatic carbocycles. The number of benzene rings is 4. The number of carbonyl (C=O) groups excluding carboxylic acids is 2. The highest BCUT2D eigenvalue weighted by Crippen LogP contribution is 2.39. The normalized spacial score (nSPS) is 12.1. The molecule has 0 fully saturated rings. The van der Waals surface area contributed by atoms with Crippen LogP contribution in [-0.4, -0.2) is 33.4 Å². The Hall–Kier alpha value is -5.93. The average molecular weight is 813 g/mol. The van der Waals surface area contributed by atoms with Gasteiger partial charge in [-0.2, -0.15) is 23.4 Å². The number of carbonyl (C=O) groups is 2. The Labute approximate surface area is 336 Å². The molecule has 294 valence electrons. The van der Waals surface area contributed by atoms with Gasteiger partial charge in [0.2, 0.25) is 0 Å². The van der Waals surface area contributed by atoms with Crippen molar-refractivity contribution in [1.82, 2.24) is 9.97 Å². The first kappa shape index (κ1) is 40.7. The van der Waals surface area contributed by atoms with E-state index in [4.69, 9.17) is 14.5 Å². The molecular formula is C42H39F3N6O4S2. The van der Waals surface area contributed by atoms with E-state index in [2.05, 4.69) is 15.2 Å². The summed E-state index contributed by atoms with van der Waals surface area (Å²) in [5.74, 6) is 0. The summed E-state index contributed by atoms with van der Waals surface area (Å²) in [5, 5.41) is 13.0. The van der Waals surface area contributed by atoms with Crippen molar-refractivity contribution >= 4 is 67.9 Å². The fourth-order valence-electron chi connectivity index (χ4n) is 5.36. The molecule has 15 heteroatoms. The number of thiazole rings is 2. The van der Waals surface area contributed by atoms with Crippen LogP contribution in [0.5, 0.6) is 0 Å². The molecule has 0 unspecified atom stereocenters. The lowest BCUT2D eigenvalue weighted by Crippen LogP contribution is -2.34. The second kappa shape index (κ2) is 16.3. The number of alkyl halides is 3. The number of halogens is 3. The smallest absolute Gasteiger partial charge is 0.421 e. The molecular weight excluding hydrogens is 774 g/mol. The van der Waals surface area contributed by atoms with Crippen molar-refractivity contribution in [3.63, 3.8) is 0 Å². The van der Waals surface area contributed by atoms with Gasteiger partial charge >= 0.3 is 18.4 Å². The van der Waals surface area contributed by atoms with Crippen molar-refractivity contribution in [2.75, 3.05) is 9.80 Å². The predicted octanol–water partition coefficient (Wildman–Crippen LogP) is 13.8. The third-order valence-electron chi connectivity index (χ3n) is 7.78. The zero-order valence-electron chi connectivity index (χ0n) is 32.2. The molecule has 2 aromatic heterocycles. The van der Waals surface area contributed by atoms with Crippen LogP contribution in [0, 0.1) is 6.92 Å². The van der Waals surface area contributed by atoms with Crippen LogP contribution in [0.15, 0.2) is 118 Å². The number of ether oxygens (including phenoxy) is 2. The minimum absolute atomic E-state index is 0.0368. The van der Waals surface area contributed by atoms with Crippen LogP contribution in [0.1, 0.15) is 52.7 Å². The average Bonchev–Trinajstić information content (AvgIpc) is 3.81. The van der Waals surface area contributed by atoms with Crippen molar-refractivity contribution in [2.45, 2.75) is 65.8 Å². The molecule has 0 saturated heterocycles. The molecule has 6 aromatic rings. The standard InChI is InChI=1S/C42H39F3N6O4S2/c1-26-12-8-18-32(20-26)50(38(52)54-40(2,3)4)36-46-34(24-56-36)27-13-9-16-30(21-27)48-49-31-17-10-14-28(22-31)35-25-57-37(47-35)51(39(53)55-41(5,6)7)33-19-11-15-29(23-33)42(43,44)45/h8-25H,1-7H3/b49-48+. The summed E-state index contributed by atoms with van der Waals surface area (Å²) >= 11 is 2.39. The molecule has 0 N–H and O–H groups in total. The van der Waals surface area contributed by atoms with Crippen molar-refractivity contribution in [2.24, 2.45) is 10.2 Å². The maximum absolute atomic E-state index is 13.6. The topological polar surface area (TPSA) is 110 Å². The molecule has 4 aromatic carbocycles.